The van der Waals surface area contributed by atoms with Crippen molar-refractivity contribution in [2.24, 2.45) is 17.3 Å². The molecule has 0 aromatic heterocycles. The molecule has 1 aliphatic heterocycles. The molecule has 0 unspecified atom stereocenters. The molecule has 1 aliphatic carbocycles. The van der Waals surface area contributed by atoms with Crippen LogP contribution in [0.15, 0.2) is 11.8 Å². The Morgan fingerprint density at radius 3 is 2.58 bits per heavy atom. The van der Waals surface area contributed by atoms with E-state index in [1.54, 1.807) is 0 Å². The minimum Gasteiger partial charge on any atom is -0.459 e. The summed E-state index contributed by atoms with van der Waals surface area (Å²) < 4.78 is 11.9. The van der Waals surface area contributed by atoms with Crippen LogP contribution < -0.4 is 5.32 Å². The van der Waals surface area contributed by atoms with Crippen molar-refractivity contribution in [3.63, 3.8) is 0 Å². The molecule has 1 fully saturated rings. The SMILES string of the molecule is CCO[C@H]1OC(C(=O)NC2CCCCC2)=C[C@@H](C(C)(C)C)[C@H]1CCCO. The fourth-order valence-corrected chi connectivity index (χ4v) is 4.20. The Balaban J connectivity index is 2.18. The van der Waals surface area contributed by atoms with Crippen LogP contribution in [0.4, 0.5) is 0 Å². The van der Waals surface area contributed by atoms with Gasteiger partial charge in [0.25, 0.3) is 5.91 Å². The molecule has 1 saturated carbocycles. The van der Waals surface area contributed by atoms with E-state index in [2.05, 4.69) is 26.1 Å². The molecule has 0 spiro atoms. The van der Waals surface area contributed by atoms with E-state index in [9.17, 15) is 9.90 Å². The maximum Gasteiger partial charge on any atom is 0.286 e. The number of carbonyl (C=O) groups is 1. The highest BCUT2D eigenvalue weighted by Gasteiger charge is 2.42. The number of carbonyl (C=O) groups excluding carboxylic acids is 1. The van der Waals surface area contributed by atoms with Gasteiger partial charge in [-0.15, -0.1) is 0 Å². The molecule has 1 heterocycles. The van der Waals surface area contributed by atoms with Gasteiger partial charge in [-0.1, -0.05) is 40.0 Å². The summed E-state index contributed by atoms with van der Waals surface area (Å²) in [7, 11) is 0. The maximum absolute atomic E-state index is 12.8. The summed E-state index contributed by atoms with van der Waals surface area (Å²) in [4.78, 5) is 12.8. The van der Waals surface area contributed by atoms with Crippen LogP contribution in [0, 0.1) is 17.3 Å². The third kappa shape index (κ3) is 5.71. The van der Waals surface area contributed by atoms with Crippen molar-refractivity contribution in [1.29, 1.82) is 0 Å². The highest BCUT2D eigenvalue weighted by molar-refractivity contribution is 5.91. The molecule has 3 atom stereocenters. The van der Waals surface area contributed by atoms with Crippen LogP contribution in [-0.4, -0.2) is 36.6 Å². The Bertz CT molecular complexity index is 477. The Morgan fingerprint density at radius 2 is 2.00 bits per heavy atom. The van der Waals surface area contributed by atoms with Crippen LogP contribution in [-0.2, 0) is 14.3 Å². The molecular weight excluding hydrogens is 330 g/mol. The van der Waals surface area contributed by atoms with Gasteiger partial charge in [-0.05, 0) is 50.0 Å². The minimum absolute atomic E-state index is 0.0182. The summed E-state index contributed by atoms with van der Waals surface area (Å²) in [6.45, 7) is 9.19. The number of aliphatic hydroxyl groups excluding tert-OH is 1. The Labute approximate surface area is 158 Å². The second kappa shape index (κ2) is 9.75. The average molecular weight is 368 g/mol. The molecule has 0 aromatic rings. The van der Waals surface area contributed by atoms with Crippen molar-refractivity contribution in [3.05, 3.63) is 11.8 Å². The van der Waals surface area contributed by atoms with E-state index in [1.807, 2.05) is 13.0 Å². The van der Waals surface area contributed by atoms with Gasteiger partial charge in [-0.3, -0.25) is 4.79 Å². The number of nitrogens with one attached hydrogen (secondary N) is 1. The minimum atomic E-state index is -0.437. The highest BCUT2D eigenvalue weighted by Crippen LogP contribution is 2.42. The number of rotatable bonds is 7. The molecule has 0 saturated heterocycles. The standard InChI is InChI=1S/C21H37NO4/c1-5-25-20-16(12-9-13-23)17(21(2,3)4)14-18(26-20)19(24)22-15-10-7-6-8-11-15/h14-17,20,23H,5-13H2,1-4H3,(H,22,24)/t16-,17-,20+/m1/s1. The summed E-state index contributed by atoms with van der Waals surface area (Å²) in [5, 5.41) is 12.4. The second-order valence-electron chi connectivity index (χ2n) is 8.70. The van der Waals surface area contributed by atoms with Gasteiger partial charge in [0, 0.05) is 25.2 Å². The monoisotopic (exact) mass is 367 g/mol. The maximum atomic E-state index is 12.8. The summed E-state index contributed by atoms with van der Waals surface area (Å²) in [6.07, 6.45) is 8.81. The van der Waals surface area contributed by atoms with E-state index in [1.165, 1.54) is 19.3 Å². The van der Waals surface area contributed by atoms with E-state index in [0.717, 1.165) is 19.3 Å². The summed E-state index contributed by atoms with van der Waals surface area (Å²) in [6, 6.07) is 0.256. The first-order valence-electron chi connectivity index (χ1n) is 10.3. The molecule has 150 valence electrons. The number of allylic oxidation sites excluding steroid dienone is 1. The largest absolute Gasteiger partial charge is 0.459 e. The lowest BCUT2D eigenvalue weighted by Gasteiger charge is -2.42. The first kappa shape index (κ1) is 21.2. The molecule has 2 rings (SSSR count). The molecule has 0 radical (unpaired) electrons. The molecular formula is C21H37NO4. The normalized spacial score (nSPS) is 27.6. The van der Waals surface area contributed by atoms with Crippen molar-refractivity contribution in [2.75, 3.05) is 13.2 Å². The van der Waals surface area contributed by atoms with Gasteiger partial charge < -0.3 is 19.9 Å². The van der Waals surface area contributed by atoms with E-state index in [4.69, 9.17) is 9.47 Å². The number of aliphatic hydroxyl groups is 1. The van der Waals surface area contributed by atoms with Crippen LogP contribution in [0.1, 0.15) is 72.6 Å². The van der Waals surface area contributed by atoms with Gasteiger partial charge in [0.1, 0.15) is 0 Å². The predicted molar refractivity (Wildman–Crippen MR) is 102 cm³/mol. The molecule has 26 heavy (non-hydrogen) atoms. The third-order valence-corrected chi connectivity index (χ3v) is 5.58. The highest BCUT2D eigenvalue weighted by atomic mass is 16.7. The van der Waals surface area contributed by atoms with E-state index < -0.39 is 6.29 Å². The molecule has 1 amide bonds. The lowest BCUT2D eigenvalue weighted by molar-refractivity contribution is -0.179. The molecule has 0 aromatic carbocycles. The zero-order valence-electron chi connectivity index (χ0n) is 16.9. The summed E-state index contributed by atoms with van der Waals surface area (Å²) in [5.41, 5.74) is -0.0182. The van der Waals surface area contributed by atoms with Crippen molar-refractivity contribution in [1.82, 2.24) is 5.32 Å². The first-order chi connectivity index (χ1) is 12.4. The van der Waals surface area contributed by atoms with Crippen molar-refractivity contribution < 1.29 is 19.4 Å². The molecule has 2 aliphatic rings. The molecule has 2 N–H and O–H groups in total. The Hall–Kier alpha value is -1.07. The van der Waals surface area contributed by atoms with Gasteiger partial charge in [0.2, 0.25) is 6.29 Å². The third-order valence-electron chi connectivity index (χ3n) is 5.58. The fraction of sp³-hybridized carbons (Fsp3) is 0.857. The Morgan fingerprint density at radius 1 is 1.31 bits per heavy atom. The first-order valence-corrected chi connectivity index (χ1v) is 10.3. The van der Waals surface area contributed by atoms with Crippen LogP contribution in [0.25, 0.3) is 0 Å². The molecule has 5 heteroatoms. The Kier molecular flexibility index (Phi) is 7.96. The van der Waals surface area contributed by atoms with Crippen molar-refractivity contribution in [3.8, 4) is 0 Å². The molecule has 5 nitrogen and oxygen atoms in total. The van der Waals surface area contributed by atoms with Crippen LogP contribution in [0.2, 0.25) is 0 Å². The quantitative estimate of drug-likeness (QED) is 0.719. The molecule has 0 bridgehead atoms. The number of hydrogen-bond donors (Lipinski definition) is 2. The van der Waals surface area contributed by atoms with Gasteiger partial charge in [0.05, 0.1) is 0 Å². The van der Waals surface area contributed by atoms with Gasteiger partial charge in [-0.25, -0.2) is 0 Å². The second-order valence-corrected chi connectivity index (χ2v) is 8.70. The summed E-state index contributed by atoms with van der Waals surface area (Å²) >= 11 is 0. The van der Waals surface area contributed by atoms with Crippen LogP contribution in [0.3, 0.4) is 0 Å². The van der Waals surface area contributed by atoms with E-state index in [-0.39, 0.29) is 35.8 Å². The van der Waals surface area contributed by atoms with Gasteiger partial charge in [0.15, 0.2) is 5.76 Å². The fourth-order valence-electron chi connectivity index (χ4n) is 4.20. The van der Waals surface area contributed by atoms with Crippen LogP contribution >= 0.6 is 0 Å². The van der Waals surface area contributed by atoms with Crippen molar-refractivity contribution >= 4 is 5.91 Å². The smallest absolute Gasteiger partial charge is 0.286 e. The zero-order valence-corrected chi connectivity index (χ0v) is 16.9. The number of hydrogen-bond acceptors (Lipinski definition) is 4. The predicted octanol–water partition coefficient (Wildman–Crippen LogP) is 3.76. The lowest BCUT2D eigenvalue weighted by Crippen LogP contribution is -2.45. The summed E-state index contributed by atoms with van der Waals surface area (Å²) in [5.74, 6) is 0.574. The van der Waals surface area contributed by atoms with Gasteiger partial charge in [-0.2, -0.15) is 0 Å². The van der Waals surface area contributed by atoms with E-state index >= 15 is 0 Å². The lowest BCUT2D eigenvalue weighted by atomic mass is 9.70. The number of ether oxygens (including phenoxy) is 2. The number of amides is 1. The van der Waals surface area contributed by atoms with Crippen LogP contribution in [0.5, 0.6) is 0 Å². The van der Waals surface area contributed by atoms with E-state index in [0.29, 0.717) is 18.8 Å². The topological polar surface area (TPSA) is 67.8 Å². The average Bonchev–Trinajstić information content (AvgIpc) is 2.60. The zero-order chi connectivity index (χ0) is 19.2. The van der Waals surface area contributed by atoms with Crippen molar-refractivity contribution in [2.45, 2.75) is 85.0 Å². The van der Waals surface area contributed by atoms with Gasteiger partial charge >= 0.3 is 0 Å².